The Morgan fingerprint density at radius 1 is 1.21 bits per heavy atom. The summed E-state index contributed by atoms with van der Waals surface area (Å²) in [5.41, 5.74) is 1.56. The second-order valence-corrected chi connectivity index (χ2v) is 11.9. The summed E-state index contributed by atoms with van der Waals surface area (Å²) in [4.78, 5) is 36.7. The van der Waals surface area contributed by atoms with Gasteiger partial charge in [0.1, 0.15) is 17.7 Å². The smallest absolute Gasteiger partial charge is 0.323 e. The molecule has 42 heavy (non-hydrogen) atoms. The number of halogens is 2. The van der Waals surface area contributed by atoms with E-state index in [1.54, 1.807) is 24.3 Å². The summed E-state index contributed by atoms with van der Waals surface area (Å²) in [5, 5.41) is 9.52. The van der Waals surface area contributed by atoms with Gasteiger partial charge in [0.15, 0.2) is 0 Å². The third kappa shape index (κ3) is 6.66. The standard InChI is InChI=1S/C31H38ClFN6O3/c1-19-14-22(11-13-35-19)31(34-2,12-10-20-4-5-20)21-6-8-25(33)26(15-21)37-29(40)27-16-24(42-3)18-39(27)30(41)38-28-9-7-23(32)17-36-28/h6-9,11,13,15,17,20,22,24,27,34H,4-5,10,12,14,16,18H2,1-3H3,(H,37,40)(H,36,38,41)/t22?,24-,27-,31?/m1/s1. The van der Waals surface area contributed by atoms with Crippen LogP contribution in [0.3, 0.4) is 0 Å². The Kier molecular flexibility index (Phi) is 9.25. The first-order chi connectivity index (χ1) is 20.2. The van der Waals surface area contributed by atoms with Gasteiger partial charge in [0, 0.05) is 44.1 Å². The highest BCUT2D eigenvalue weighted by molar-refractivity contribution is 6.30. The maximum absolute atomic E-state index is 15.3. The second-order valence-electron chi connectivity index (χ2n) is 11.5. The number of methoxy groups -OCH3 is 1. The van der Waals surface area contributed by atoms with E-state index in [0.717, 1.165) is 36.5 Å². The Balaban J connectivity index is 1.38. The van der Waals surface area contributed by atoms with Crippen LogP contribution in [0.1, 0.15) is 51.0 Å². The predicted octanol–water partition coefficient (Wildman–Crippen LogP) is 5.73. The van der Waals surface area contributed by atoms with Gasteiger partial charge in [-0.3, -0.25) is 15.1 Å². The van der Waals surface area contributed by atoms with Crippen molar-refractivity contribution in [3.8, 4) is 0 Å². The Labute approximate surface area is 251 Å². The van der Waals surface area contributed by atoms with Gasteiger partial charge in [-0.05, 0) is 69.0 Å². The lowest BCUT2D eigenvalue weighted by Crippen LogP contribution is -2.47. The molecule has 3 heterocycles. The van der Waals surface area contributed by atoms with Crippen molar-refractivity contribution in [3.63, 3.8) is 0 Å². The third-order valence-electron chi connectivity index (χ3n) is 8.71. The number of hydrogen-bond acceptors (Lipinski definition) is 6. The number of nitrogens with zero attached hydrogens (tertiary/aromatic N) is 3. The molecular weight excluding hydrogens is 559 g/mol. The molecule has 0 bridgehead atoms. The number of hydrogen-bond donors (Lipinski definition) is 3. The Bertz CT molecular complexity index is 1360. The van der Waals surface area contributed by atoms with E-state index in [9.17, 15) is 9.59 Å². The van der Waals surface area contributed by atoms with E-state index >= 15 is 4.39 Å². The molecule has 1 saturated heterocycles. The van der Waals surface area contributed by atoms with Crippen LogP contribution in [0.4, 0.5) is 20.7 Å². The highest BCUT2D eigenvalue weighted by Crippen LogP contribution is 2.44. The lowest BCUT2D eigenvalue weighted by molar-refractivity contribution is -0.119. The average molecular weight is 597 g/mol. The number of anilines is 2. The van der Waals surface area contributed by atoms with Gasteiger partial charge in [-0.25, -0.2) is 14.2 Å². The molecule has 1 saturated carbocycles. The lowest BCUT2D eigenvalue weighted by atomic mass is 9.71. The van der Waals surface area contributed by atoms with Gasteiger partial charge in [-0.1, -0.05) is 36.6 Å². The van der Waals surface area contributed by atoms with E-state index in [0.29, 0.717) is 10.8 Å². The fourth-order valence-electron chi connectivity index (χ4n) is 6.08. The molecular formula is C31H38ClFN6O3. The molecule has 0 radical (unpaired) electrons. The van der Waals surface area contributed by atoms with Crippen molar-refractivity contribution in [2.45, 2.75) is 63.1 Å². The minimum absolute atomic E-state index is 0.0781. The fraction of sp³-hybridized carbons (Fsp3) is 0.484. The predicted molar refractivity (Wildman–Crippen MR) is 162 cm³/mol. The lowest BCUT2D eigenvalue weighted by Gasteiger charge is -2.41. The van der Waals surface area contributed by atoms with Crippen LogP contribution in [-0.2, 0) is 15.1 Å². The molecule has 1 aromatic heterocycles. The highest BCUT2D eigenvalue weighted by Gasteiger charge is 2.42. The van der Waals surface area contributed by atoms with E-state index in [-0.39, 0.29) is 30.7 Å². The second kappa shape index (κ2) is 12.9. The molecule has 1 aromatic carbocycles. The van der Waals surface area contributed by atoms with Crippen LogP contribution < -0.4 is 16.0 Å². The fourth-order valence-corrected chi connectivity index (χ4v) is 6.19. The summed E-state index contributed by atoms with van der Waals surface area (Å²) in [6.45, 7) is 2.23. The van der Waals surface area contributed by atoms with Gasteiger partial charge < -0.3 is 20.3 Å². The molecule has 3 amide bonds. The number of rotatable bonds is 10. The van der Waals surface area contributed by atoms with Crippen LogP contribution >= 0.6 is 11.6 Å². The first kappa shape index (κ1) is 30.1. The number of carbonyl (C=O) groups is 2. The van der Waals surface area contributed by atoms with Crippen molar-refractivity contribution in [2.24, 2.45) is 16.8 Å². The SMILES string of the molecule is CNC(CCC1CC1)(c1ccc(F)c(NC(=O)[C@H]2C[C@@H](OC)CN2C(=O)Nc2ccc(Cl)cn2)c1)C1C=CN=C(C)C1. The number of benzene rings is 1. The number of amides is 3. The Morgan fingerprint density at radius 3 is 2.69 bits per heavy atom. The van der Waals surface area contributed by atoms with Crippen LogP contribution in [0.25, 0.3) is 0 Å². The molecule has 5 rings (SSSR count). The number of carbonyl (C=O) groups excluding carboxylic acids is 2. The normalized spacial score (nSPS) is 23.3. The summed E-state index contributed by atoms with van der Waals surface area (Å²) >= 11 is 5.90. The van der Waals surface area contributed by atoms with Gasteiger partial charge >= 0.3 is 6.03 Å². The van der Waals surface area contributed by atoms with Crippen molar-refractivity contribution in [3.05, 3.63) is 65.2 Å². The summed E-state index contributed by atoms with van der Waals surface area (Å²) in [5.74, 6) is 0.105. The molecule has 11 heteroatoms. The van der Waals surface area contributed by atoms with Crippen LogP contribution in [0, 0.1) is 17.7 Å². The molecule has 2 aromatic rings. The van der Waals surface area contributed by atoms with Crippen LogP contribution in [0.15, 0.2) is 53.8 Å². The number of likely N-dealkylation sites (tertiary alicyclic amines) is 1. The molecule has 9 nitrogen and oxygen atoms in total. The Hall–Kier alpha value is -3.34. The van der Waals surface area contributed by atoms with Crippen molar-refractivity contribution in [1.82, 2.24) is 15.2 Å². The van der Waals surface area contributed by atoms with E-state index < -0.39 is 29.3 Å². The zero-order chi connectivity index (χ0) is 29.9. The minimum atomic E-state index is -0.866. The van der Waals surface area contributed by atoms with Gasteiger partial charge in [0.05, 0.1) is 22.4 Å². The summed E-state index contributed by atoms with van der Waals surface area (Å²) in [7, 11) is 3.48. The average Bonchev–Trinajstić information content (AvgIpc) is 3.71. The molecule has 2 aliphatic heterocycles. The van der Waals surface area contributed by atoms with Crippen LogP contribution in [-0.4, -0.2) is 60.4 Å². The minimum Gasteiger partial charge on any atom is -0.380 e. The Morgan fingerprint density at radius 2 is 2.02 bits per heavy atom. The number of nitrogens with one attached hydrogen (secondary N) is 3. The van der Waals surface area contributed by atoms with Gasteiger partial charge in [0.25, 0.3) is 0 Å². The maximum atomic E-state index is 15.3. The van der Waals surface area contributed by atoms with Gasteiger partial charge in [0.2, 0.25) is 5.91 Å². The van der Waals surface area contributed by atoms with Gasteiger partial charge in [-0.2, -0.15) is 0 Å². The molecule has 0 spiro atoms. The van der Waals surface area contributed by atoms with Crippen molar-refractivity contribution < 1.29 is 18.7 Å². The zero-order valence-corrected chi connectivity index (χ0v) is 25.0. The number of pyridine rings is 1. The zero-order valence-electron chi connectivity index (χ0n) is 24.2. The molecule has 3 N–H and O–H groups in total. The molecule has 1 aliphatic carbocycles. The monoisotopic (exact) mass is 596 g/mol. The van der Waals surface area contributed by atoms with Crippen molar-refractivity contribution >= 4 is 40.8 Å². The first-order valence-corrected chi connectivity index (χ1v) is 14.8. The molecule has 3 aliphatic rings. The number of aromatic nitrogens is 1. The number of aliphatic imine (C=N–C) groups is 1. The van der Waals surface area contributed by atoms with Crippen LogP contribution in [0.2, 0.25) is 5.02 Å². The van der Waals surface area contributed by atoms with Crippen molar-refractivity contribution in [2.75, 3.05) is 31.3 Å². The number of urea groups is 1. The molecule has 4 atom stereocenters. The van der Waals surface area contributed by atoms with Gasteiger partial charge in [-0.15, -0.1) is 0 Å². The first-order valence-electron chi connectivity index (χ1n) is 14.4. The molecule has 224 valence electrons. The third-order valence-corrected chi connectivity index (χ3v) is 8.94. The molecule has 2 unspecified atom stereocenters. The van der Waals surface area contributed by atoms with Crippen LogP contribution in [0.5, 0.6) is 0 Å². The van der Waals surface area contributed by atoms with E-state index in [4.69, 9.17) is 16.3 Å². The largest absolute Gasteiger partial charge is 0.380 e. The maximum Gasteiger partial charge on any atom is 0.323 e. The van der Waals surface area contributed by atoms with E-state index in [1.807, 2.05) is 20.2 Å². The highest BCUT2D eigenvalue weighted by atomic mass is 35.5. The summed E-state index contributed by atoms with van der Waals surface area (Å²) < 4.78 is 20.7. The van der Waals surface area contributed by atoms with E-state index in [1.165, 1.54) is 37.1 Å². The van der Waals surface area contributed by atoms with E-state index in [2.05, 4.69) is 32.0 Å². The van der Waals surface area contributed by atoms with Crippen molar-refractivity contribution in [1.29, 1.82) is 0 Å². The quantitative estimate of drug-likeness (QED) is 0.324. The molecule has 2 fully saturated rings. The summed E-state index contributed by atoms with van der Waals surface area (Å²) in [6, 6.07) is 6.76. The summed E-state index contributed by atoms with van der Waals surface area (Å²) in [6.07, 6.45) is 10.5. The number of ether oxygens (including phenoxy) is 1. The topological polar surface area (TPSA) is 108 Å².